The van der Waals surface area contributed by atoms with Crippen molar-refractivity contribution in [2.24, 2.45) is 17.3 Å². The standard InChI is InChI=1S/C14H29NO/c1-11(2)13(6-9-16-5)15-10-14(7-8-14)12(3)4/h11-13,15H,6-10H2,1-5H3. The molecule has 0 radical (unpaired) electrons. The van der Waals surface area contributed by atoms with Crippen molar-refractivity contribution in [3.63, 3.8) is 0 Å². The summed E-state index contributed by atoms with van der Waals surface area (Å²) in [5.74, 6) is 1.51. The Hall–Kier alpha value is -0.0800. The van der Waals surface area contributed by atoms with E-state index in [-0.39, 0.29) is 0 Å². The summed E-state index contributed by atoms with van der Waals surface area (Å²) in [4.78, 5) is 0. The number of hydrogen-bond acceptors (Lipinski definition) is 2. The van der Waals surface area contributed by atoms with Gasteiger partial charge >= 0.3 is 0 Å². The van der Waals surface area contributed by atoms with Gasteiger partial charge in [-0.3, -0.25) is 0 Å². The Balaban J connectivity index is 2.32. The van der Waals surface area contributed by atoms with Gasteiger partial charge in [0, 0.05) is 26.3 Å². The summed E-state index contributed by atoms with van der Waals surface area (Å²) in [6.07, 6.45) is 3.95. The second-order valence-corrected chi connectivity index (χ2v) is 6.03. The van der Waals surface area contributed by atoms with E-state index in [2.05, 4.69) is 33.0 Å². The fraction of sp³-hybridized carbons (Fsp3) is 1.00. The molecule has 16 heavy (non-hydrogen) atoms. The van der Waals surface area contributed by atoms with Gasteiger partial charge in [-0.15, -0.1) is 0 Å². The molecule has 2 nitrogen and oxygen atoms in total. The van der Waals surface area contributed by atoms with Crippen LogP contribution in [0.5, 0.6) is 0 Å². The summed E-state index contributed by atoms with van der Waals surface area (Å²) in [7, 11) is 1.79. The SMILES string of the molecule is COCCC(NCC1(C(C)C)CC1)C(C)C. The second-order valence-electron chi connectivity index (χ2n) is 6.03. The monoisotopic (exact) mass is 227 g/mol. The van der Waals surface area contributed by atoms with Gasteiger partial charge in [-0.1, -0.05) is 27.7 Å². The zero-order valence-corrected chi connectivity index (χ0v) is 11.7. The van der Waals surface area contributed by atoms with Gasteiger partial charge in [0.2, 0.25) is 0 Å². The van der Waals surface area contributed by atoms with Gasteiger partial charge in [0.05, 0.1) is 0 Å². The van der Waals surface area contributed by atoms with Gasteiger partial charge in [0.15, 0.2) is 0 Å². The number of rotatable bonds is 8. The van der Waals surface area contributed by atoms with E-state index in [0.29, 0.717) is 17.4 Å². The molecule has 0 aromatic heterocycles. The van der Waals surface area contributed by atoms with Crippen molar-refractivity contribution in [2.75, 3.05) is 20.3 Å². The number of methoxy groups -OCH3 is 1. The molecule has 1 aliphatic carbocycles. The first kappa shape index (κ1) is 14.0. The zero-order valence-electron chi connectivity index (χ0n) is 11.7. The average molecular weight is 227 g/mol. The van der Waals surface area contributed by atoms with Gasteiger partial charge in [-0.05, 0) is 36.5 Å². The van der Waals surface area contributed by atoms with Crippen molar-refractivity contribution in [1.82, 2.24) is 5.32 Å². The van der Waals surface area contributed by atoms with Crippen LogP contribution in [0.25, 0.3) is 0 Å². The third-order valence-electron chi connectivity index (χ3n) is 4.27. The van der Waals surface area contributed by atoms with Crippen LogP contribution in [0, 0.1) is 17.3 Å². The maximum Gasteiger partial charge on any atom is 0.0477 e. The van der Waals surface area contributed by atoms with Crippen LogP contribution in [0.1, 0.15) is 47.0 Å². The third-order valence-corrected chi connectivity index (χ3v) is 4.27. The Morgan fingerprint density at radius 1 is 1.19 bits per heavy atom. The predicted molar refractivity (Wildman–Crippen MR) is 69.6 cm³/mol. The first-order valence-electron chi connectivity index (χ1n) is 6.74. The largest absolute Gasteiger partial charge is 0.385 e. The van der Waals surface area contributed by atoms with Crippen LogP contribution in [0.2, 0.25) is 0 Å². The molecule has 0 bridgehead atoms. The highest BCUT2D eigenvalue weighted by molar-refractivity contribution is 4.97. The smallest absolute Gasteiger partial charge is 0.0477 e. The molecule has 0 saturated heterocycles. The van der Waals surface area contributed by atoms with Gasteiger partial charge in [0.25, 0.3) is 0 Å². The summed E-state index contributed by atoms with van der Waals surface area (Å²) in [5.41, 5.74) is 0.611. The molecule has 0 aromatic rings. The number of hydrogen-bond donors (Lipinski definition) is 1. The van der Waals surface area contributed by atoms with Gasteiger partial charge < -0.3 is 10.1 Å². The molecule has 2 heteroatoms. The molecule has 1 saturated carbocycles. The lowest BCUT2D eigenvalue weighted by molar-refractivity contribution is 0.169. The number of ether oxygens (including phenoxy) is 1. The summed E-state index contributed by atoms with van der Waals surface area (Å²) in [6, 6.07) is 0.608. The van der Waals surface area contributed by atoms with E-state index in [1.807, 2.05) is 0 Å². The van der Waals surface area contributed by atoms with Gasteiger partial charge in [-0.25, -0.2) is 0 Å². The summed E-state index contributed by atoms with van der Waals surface area (Å²) >= 11 is 0. The Bertz CT molecular complexity index is 197. The summed E-state index contributed by atoms with van der Waals surface area (Å²) in [6.45, 7) is 11.4. The Kier molecular flexibility index (Phi) is 5.26. The minimum atomic E-state index is 0.608. The Labute approximate surface area is 101 Å². The minimum absolute atomic E-state index is 0.608. The summed E-state index contributed by atoms with van der Waals surface area (Å²) < 4.78 is 5.18. The van der Waals surface area contributed by atoms with E-state index < -0.39 is 0 Å². The molecule has 1 N–H and O–H groups in total. The van der Waals surface area contributed by atoms with E-state index in [9.17, 15) is 0 Å². The van der Waals surface area contributed by atoms with Crippen LogP contribution >= 0.6 is 0 Å². The highest BCUT2D eigenvalue weighted by Gasteiger charge is 2.45. The minimum Gasteiger partial charge on any atom is -0.385 e. The zero-order chi connectivity index (χ0) is 12.2. The van der Waals surface area contributed by atoms with E-state index >= 15 is 0 Å². The molecule has 0 amide bonds. The molecule has 96 valence electrons. The molecule has 1 aliphatic rings. The first-order valence-corrected chi connectivity index (χ1v) is 6.74. The van der Waals surface area contributed by atoms with Crippen molar-refractivity contribution in [2.45, 2.75) is 53.0 Å². The van der Waals surface area contributed by atoms with Crippen molar-refractivity contribution >= 4 is 0 Å². The fourth-order valence-corrected chi connectivity index (χ4v) is 2.37. The second kappa shape index (κ2) is 6.02. The molecule has 1 atom stereocenters. The average Bonchev–Trinajstić information content (AvgIpc) is 2.98. The van der Waals surface area contributed by atoms with Crippen LogP contribution in [0.15, 0.2) is 0 Å². The predicted octanol–water partition coefficient (Wildman–Crippen LogP) is 3.07. The topological polar surface area (TPSA) is 21.3 Å². The van der Waals surface area contributed by atoms with Crippen LogP contribution < -0.4 is 5.32 Å². The van der Waals surface area contributed by atoms with Crippen molar-refractivity contribution in [1.29, 1.82) is 0 Å². The van der Waals surface area contributed by atoms with Gasteiger partial charge in [0.1, 0.15) is 0 Å². The normalized spacial score (nSPS) is 20.4. The maximum absolute atomic E-state index is 5.18. The molecule has 1 fully saturated rings. The fourth-order valence-electron chi connectivity index (χ4n) is 2.37. The third kappa shape index (κ3) is 3.74. The molecule has 1 rings (SSSR count). The van der Waals surface area contributed by atoms with Gasteiger partial charge in [-0.2, -0.15) is 0 Å². The lowest BCUT2D eigenvalue weighted by atomic mass is 9.91. The van der Waals surface area contributed by atoms with Crippen LogP contribution in [0.3, 0.4) is 0 Å². The molecule has 0 aliphatic heterocycles. The van der Waals surface area contributed by atoms with Crippen LogP contribution in [0.4, 0.5) is 0 Å². The first-order chi connectivity index (χ1) is 7.52. The van der Waals surface area contributed by atoms with E-state index in [4.69, 9.17) is 4.74 Å². The highest BCUT2D eigenvalue weighted by atomic mass is 16.5. The molecule has 0 heterocycles. The highest BCUT2D eigenvalue weighted by Crippen LogP contribution is 2.51. The Morgan fingerprint density at radius 3 is 2.19 bits per heavy atom. The van der Waals surface area contributed by atoms with Crippen molar-refractivity contribution < 1.29 is 4.74 Å². The molecule has 0 aromatic carbocycles. The number of nitrogens with one attached hydrogen (secondary N) is 1. The Morgan fingerprint density at radius 2 is 1.81 bits per heavy atom. The lowest BCUT2D eigenvalue weighted by Crippen LogP contribution is -2.39. The lowest BCUT2D eigenvalue weighted by Gasteiger charge is -2.27. The quantitative estimate of drug-likeness (QED) is 0.688. The summed E-state index contributed by atoms with van der Waals surface area (Å²) in [5, 5.41) is 3.76. The van der Waals surface area contributed by atoms with Crippen molar-refractivity contribution in [3.8, 4) is 0 Å². The molecule has 1 unspecified atom stereocenters. The van der Waals surface area contributed by atoms with E-state index in [0.717, 1.165) is 18.9 Å². The molecular formula is C14H29NO. The van der Waals surface area contributed by atoms with Crippen LogP contribution in [-0.2, 0) is 4.74 Å². The molecule has 0 spiro atoms. The van der Waals surface area contributed by atoms with E-state index in [1.54, 1.807) is 7.11 Å². The van der Waals surface area contributed by atoms with E-state index in [1.165, 1.54) is 19.4 Å². The van der Waals surface area contributed by atoms with Crippen LogP contribution in [-0.4, -0.2) is 26.3 Å². The molecular weight excluding hydrogens is 198 g/mol. The van der Waals surface area contributed by atoms with Crippen molar-refractivity contribution in [3.05, 3.63) is 0 Å². The maximum atomic E-state index is 5.18.